The second kappa shape index (κ2) is 7.76. The lowest BCUT2D eigenvalue weighted by Gasteiger charge is -2.07. The lowest BCUT2D eigenvalue weighted by atomic mass is 9.99. The lowest BCUT2D eigenvalue weighted by Crippen LogP contribution is -1.87. The van der Waals surface area contributed by atoms with Gasteiger partial charge in [0, 0.05) is 7.11 Å². The van der Waals surface area contributed by atoms with Crippen LogP contribution < -0.4 is 0 Å². The van der Waals surface area contributed by atoms with Crippen molar-refractivity contribution in [2.75, 3.05) is 7.11 Å². The summed E-state index contributed by atoms with van der Waals surface area (Å²) in [5.74, 6) is 0. The molecule has 0 saturated heterocycles. The van der Waals surface area contributed by atoms with Gasteiger partial charge in [0.15, 0.2) is 0 Å². The van der Waals surface area contributed by atoms with Gasteiger partial charge >= 0.3 is 0 Å². The van der Waals surface area contributed by atoms with Crippen LogP contribution in [-0.2, 0) is 17.8 Å². The highest BCUT2D eigenvalue weighted by atomic mass is 16.5. The minimum Gasteiger partial charge on any atom is -0.380 e. The standard InChI is InChI=1S/C23H22O/c1-3-4-18-5-9-20(10-6-18)22-13-15-23(16-14-22)21-11-7-19(8-12-21)17-24-2/h3,5-16H,1,4,17H2,2H3. The molecule has 0 aliphatic carbocycles. The van der Waals surface area contributed by atoms with Gasteiger partial charge in [0.2, 0.25) is 0 Å². The Morgan fingerprint density at radius 2 is 1.04 bits per heavy atom. The van der Waals surface area contributed by atoms with Gasteiger partial charge in [-0.1, -0.05) is 78.9 Å². The fourth-order valence-corrected chi connectivity index (χ4v) is 2.82. The SMILES string of the molecule is C=CCc1ccc(-c2ccc(-c3ccc(COC)cc3)cc2)cc1. The van der Waals surface area contributed by atoms with E-state index in [1.165, 1.54) is 33.4 Å². The topological polar surface area (TPSA) is 9.23 Å². The molecule has 0 atom stereocenters. The third kappa shape index (κ3) is 3.81. The zero-order valence-corrected chi connectivity index (χ0v) is 14.0. The van der Waals surface area contributed by atoms with Crippen molar-refractivity contribution >= 4 is 0 Å². The molecule has 0 saturated carbocycles. The summed E-state index contributed by atoms with van der Waals surface area (Å²) in [6, 6.07) is 25.9. The summed E-state index contributed by atoms with van der Waals surface area (Å²) in [4.78, 5) is 0. The van der Waals surface area contributed by atoms with Gasteiger partial charge in [0.1, 0.15) is 0 Å². The average molecular weight is 314 g/mol. The zero-order valence-electron chi connectivity index (χ0n) is 14.0. The number of methoxy groups -OCH3 is 1. The first kappa shape index (κ1) is 16.2. The highest BCUT2D eigenvalue weighted by molar-refractivity contribution is 5.70. The molecule has 1 nitrogen and oxygen atoms in total. The summed E-state index contributed by atoms with van der Waals surface area (Å²) in [5.41, 5.74) is 7.41. The molecule has 1 heteroatoms. The van der Waals surface area contributed by atoms with Crippen LogP contribution >= 0.6 is 0 Å². The van der Waals surface area contributed by atoms with Gasteiger partial charge in [0.25, 0.3) is 0 Å². The molecule has 0 amide bonds. The maximum atomic E-state index is 5.16. The molecule has 0 spiro atoms. The van der Waals surface area contributed by atoms with Crippen LogP contribution in [0.3, 0.4) is 0 Å². The Hall–Kier alpha value is -2.64. The van der Waals surface area contributed by atoms with Crippen LogP contribution in [0.25, 0.3) is 22.3 Å². The second-order valence-electron chi connectivity index (χ2n) is 5.90. The Labute approximate surface area is 144 Å². The summed E-state index contributed by atoms with van der Waals surface area (Å²) >= 11 is 0. The maximum absolute atomic E-state index is 5.16. The van der Waals surface area contributed by atoms with Gasteiger partial charge in [-0.3, -0.25) is 0 Å². The molecular formula is C23H22O. The van der Waals surface area contributed by atoms with Crippen LogP contribution in [-0.4, -0.2) is 7.11 Å². The Morgan fingerprint density at radius 1 is 0.667 bits per heavy atom. The van der Waals surface area contributed by atoms with E-state index in [0.29, 0.717) is 6.61 Å². The van der Waals surface area contributed by atoms with E-state index < -0.39 is 0 Å². The smallest absolute Gasteiger partial charge is 0.0713 e. The van der Waals surface area contributed by atoms with E-state index in [4.69, 9.17) is 4.74 Å². The largest absolute Gasteiger partial charge is 0.380 e. The zero-order chi connectivity index (χ0) is 16.8. The molecule has 0 aromatic heterocycles. The molecule has 3 aromatic rings. The molecule has 0 N–H and O–H groups in total. The van der Waals surface area contributed by atoms with Crippen LogP contribution in [0.1, 0.15) is 11.1 Å². The number of allylic oxidation sites excluding steroid dienone is 1. The minimum atomic E-state index is 0.654. The molecule has 24 heavy (non-hydrogen) atoms. The fourth-order valence-electron chi connectivity index (χ4n) is 2.82. The van der Waals surface area contributed by atoms with Crippen LogP contribution in [0.4, 0.5) is 0 Å². The van der Waals surface area contributed by atoms with Crippen molar-refractivity contribution in [1.82, 2.24) is 0 Å². The molecule has 0 aliphatic rings. The van der Waals surface area contributed by atoms with Gasteiger partial charge in [-0.2, -0.15) is 0 Å². The van der Waals surface area contributed by atoms with Crippen molar-refractivity contribution < 1.29 is 4.74 Å². The van der Waals surface area contributed by atoms with E-state index >= 15 is 0 Å². The number of benzene rings is 3. The van der Waals surface area contributed by atoms with Gasteiger partial charge < -0.3 is 4.74 Å². The van der Waals surface area contributed by atoms with Crippen molar-refractivity contribution in [3.63, 3.8) is 0 Å². The Morgan fingerprint density at radius 3 is 1.42 bits per heavy atom. The first-order valence-electron chi connectivity index (χ1n) is 8.18. The van der Waals surface area contributed by atoms with Crippen molar-refractivity contribution in [1.29, 1.82) is 0 Å². The molecule has 3 aromatic carbocycles. The Kier molecular flexibility index (Phi) is 5.25. The summed E-state index contributed by atoms with van der Waals surface area (Å²) in [5, 5.41) is 0. The van der Waals surface area contributed by atoms with Gasteiger partial charge in [-0.05, 0) is 39.8 Å². The molecule has 0 heterocycles. The monoisotopic (exact) mass is 314 g/mol. The second-order valence-corrected chi connectivity index (χ2v) is 5.90. The van der Waals surface area contributed by atoms with Crippen LogP contribution in [0, 0.1) is 0 Å². The van der Waals surface area contributed by atoms with E-state index in [2.05, 4.69) is 79.4 Å². The normalized spacial score (nSPS) is 10.5. The van der Waals surface area contributed by atoms with Crippen molar-refractivity contribution in [2.24, 2.45) is 0 Å². The first-order chi connectivity index (χ1) is 11.8. The van der Waals surface area contributed by atoms with E-state index in [1.807, 2.05) is 6.08 Å². The highest BCUT2D eigenvalue weighted by Crippen LogP contribution is 2.25. The summed E-state index contributed by atoms with van der Waals surface area (Å²) in [6.07, 6.45) is 2.85. The maximum Gasteiger partial charge on any atom is 0.0713 e. The van der Waals surface area contributed by atoms with Crippen molar-refractivity contribution in [2.45, 2.75) is 13.0 Å². The molecule has 120 valence electrons. The molecule has 0 bridgehead atoms. The number of hydrogen-bond donors (Lipinski definition) is 0. The van der Waals surface area contributed by atoms with Crippen molar-refractivity contribution in [3.8, 4) is 22.3 Å². The van der Waals surface area contributed by atoms with E-state index in [9.17, 15) is 0 Å². The number of ether oxygens (including phenoxy) is 1. The summed E-state index contributed by atoms with van der Waals surface area (Å²) in [7, 11) is 1.72. The van der Waals surface area contributed by atoms with Gasteiger partial charge in [0.05, 0.1) is 6.61 Å². The van der Waals surface area contributed by atoms with E-state index in [1.54, 1.807) is 7.11 Å². The van der Waals surface area contributed by atoms with Crippen LogP contribution in [0.15, 0.2) is 85.5 Å². The molecule has 3 rings (SSSR count). The summed E-state index contributed by atoms with van der Waals surface area (Å²) in [6.45, 7) is 4.44. The highest BCUT2D eigenvalue weighted by Gasteiger charge is 2.01. The summed E-state index contributed by atoms with van der Waals surface area (Å²) < 4.78 is 5.16. The Bertz CT molecular complexity index is 781. The Balaban J connectivity index is 1.78. The first-order valence-corrected chi connectivity index (χ1v) is 8.18. The minimum absolute atomic E-state index is 0.654. The predicted octanol–water partition coefficient (Wildman–Crippen LogP) is 5.90. The van der Waals surface area contributed by atoms with Gasteiger partial charge in [-0.25, -0.2) is 0 Å². The number of hydrogen-bond acceptors (Lipinski definition) is 1. The fraction of sp³-hybridized carbons (Fsp3) is 0.130. The van der Waals surface area contributed by atoms with Gasteiger partial charge in [-0.15, -0.1) is 6.58 Å². The van der Waals surface area contributed by atoms with Crippen molar-refractivity contribution in [3.05, 3.63) is 96.6 Å². The van der Waals surface area contributed by atoms with Crippen LogP contribution in [0.2, 0.25) is 0 Å². The molecule has 0 unspecified atom stereocenters. The molecule has 0 fully saturated rings. The predicted molar refractivity (Wildman–Crippen MR) is 102 cm³/mol. The number of rotatable bonds is 6. The molecule has 0 aliphatic heterocycles. The third-order valence-electron chi connectivity index (χ3n) is 4.15. The van der Waals surface area contributed by atoms with E-state index in [0.717, 1.165) is 6.42 Å². The molecule has 0 radical (unpaired) electrons. The quantitative estimate of drug-likeness (QED) is 0.515. The lowest BCUT2D eigenvalue weighted by molar-refractivity contribution is 0.185. The van der Waals surface area contributed by atoms with E-state index in [-0.39, 0.29) is 0 Å². The average Bonchev–Trinajstić information content (AvgIpc) is 2.64. The van der Waals surface area contributed by atoms with Crippen LogP contribution in [0.5, 0.6) is 0 Å². The molecular weight excluding hydrogens is 292 g/mol. The third-order valence-corrected chi connectivity index (χ3v) is 4.15.